The monoisotopic (exact) mass is 314 g/mol. The Morgan fingerprint density at radius 2 is 2.09 bits per heavy atom. The molecule has 2 aliphatic rings. The fraction of sp³-hybridized carbons (Fsp3) is 0.500. The molecule has 2 N–H and O–H groups in total. The van der Waals surface area contributed by atoms with Crippen molar-refractivity contribution in [2.45, 2.75) is 38.1 Å². The molecule has 2 aromatic rings. The zero-order valence-electron chi connectivity index (χ0n) is 12.7. The molecule has 22 heavy (non-hydrogen) atoms. The van der Waals surface area contributed by atoms with Crippen molar-refractivity contribution in [1.29, 1.82) is 0 Å². The van der Waals surface area contributed by atoms with E-state index < -0.39 is 0 Å². The number of hydrogen-bond acceptors (Lipinski definition) is 4. The Morgan fingerprint density at radius 1 is 1.27 bits per heavy atom. The summed E-state index contributed by atoms with van der Waals surface area (Å²) < 4.78 is 0. The van der Waals surface area contributed by atoms with Gasteiger partial charge >= 0.3 is 0 Å². The fourth-order valence-electron chi connectivity index (χ4n) is 3.23. The van der Waals surface area contributed by atoms with Gasteiger partial charge in [-0.2, -0.15) is 0 Å². The van der Waals surface area contributed by atoms with E-state index in [-0.39, 0.29) is 5.41 Å². The Labute approximate surface area is 135 Å². The van der Waals surface area contributed by atoms with Crippen LogP contribution in [0.3, 0.4) is 0 Å². The van der Waals surface area contributed by atoms with Gasteiger partial charge < -0.3 is 10.4 Å². The van der Waals surface area contributed by atoms with Crippen LogP contribution in [-0.2, 0) is 6.42 Å². The summed E-state index contributed by atoms with van der Waals surface area (Å²) in [5, 5.41) is 14.3. The summed E-state index contributed by atoms with van der Waals surface area (Å²) in [6, 6.07) is 10.9. The molecule has 0 saturated heterocycles. The van der Waals surface area contributed by atoms with E-state index in [1.807, 2.05) is 17.4 Å². The van der Waals surface area contributed by atoms with Crippen molar-refractivity contribution in [2.24, 2.45) is 5.41 Å². The van der Waals surface area contributed by atoms with Gasteiger partial charge in [-0.05, 0) is 32.1 Å². The average molecular weight is 314 g/mol. The average Bonchev–Trinajstić information content (AvgIpc) is 3.22. The minimum absolute atomic E-state index is 0.171. The second kappa shape index (κ2) is 5.76. The number of aliphatic hydroxyl groups is 1. The molecule has 1 atom stereocenters. The van der Waals surface area contributed by atoms with E-state index in [4.69, 9.17) is 4.98 Å². The maximum absolute atomic E-state index is 9.48. The highest BCUT2D eigenvalue weighted by Crippen LogP contribution is 2.45. The molecule has 0 aliphatic heterocycles. The lowest BCUT2D eigenvalue weighted by molar-refractivity contribution is 0.202. The summed E-state index contributed by atoms with van der Waals surface area (Å²) in [5.41, 5.74) is 2.67. The van der Waals surface area contributed by atoms with Crippen molar-refractivity contribution in [2.75, 3.05) is 13.2 Å². The lowest BCUT2D eigenvalue weighted by atomic mass is 9.97. The van der Waals surface area contributed by atoms with Crippen LogP contribution in [0.2, 0.25) is 0 Å². The van der Waals surface area contributed by atoms with Gasteiger partial charge in [-0.15, -0.1) is 11.3 Å². The maximum atomic E-state index is 9.48. The molecule has 4 rings (SSSR count). The molecule has 0 amide bonds. The molecule has 1 fully saturated rings. The van der Waals surface area contributed by atoms with Gasteiger partial charge in [-0.1, -0.05) is 30.3 Å². The van der Waals surface area contributed by atoms with Gasteiger partial charge in [0.1, 0.15) is 5.01 Å². The van der Waals surface area contributed by atoms with Crippen LogP contribution in [-0.4, -0.2) is 23.2 Å². The van der Waals surface area contributed by atoms with E-state index in [2.05, 4.69) is 29.6 Å². The Balaban J connectivity index is 1.54. The molecular formula is C18H22N2OS. The smallest absolute Gasteiger partial charge is 0.123 e. The number of aryl methyl sites for hydroxylation is 1. The molecule has 0 radical (unpaired) electrons. The lowest BCUT2D eigenvalue weighted by Gasteiger charge is -2.24. The molecular weight excluding hydrogens is 292 g/mol. The predicted molar refractivity (Wildman–Crippen MR) is 90.0 cm³/mol. The van der Waals surface area contributed by atoms with Crippen LogP contribution < -0.4 is 5.32 Å². The zero-order valence-corrected chi connectivity index (χ0v) is 13.5. The molecule has 4 heteroatoms. The number of fused-ring (bicyclic) bond motifs is 1. The summed E-state index contributed by atoms with van der Waals surface area (Å²) in [7, 11) is 0. The van der Waals surface area contributed by atoms with Crippen molar-refractivity contribution in [3.8, 4) is 10.6 Å². The van der Waals surface area contributed by atoms with Gasteiger partial charge in [0.2, 0.25) is 0 Å². The molecule has 0 spiro atoms. The first-order valence-corrected chi connectivity index (χ1v) is 9.01. The second-order valence-corrected chi connectivity index (χ2v) is 7.71. The van der Waals surface area contributed by atoms with Crippen LogP contribution in [0.15, 0.2) is 30.3 Å². The largest absolute Gasteiger partial charge is 0.396 e. The predicted octanol–water partition coefficient (Wildman–Crippen LogP) is 3.55. The number of nitrogens with zero attached hydrogens (tertiary/aromatic N) is 1. The molecule has 1 heterocycles. The highest BCUT2D eigenvalue weighted by molar-refractivity contribution is 7.15. The van der Waals surface area contributed by atoms with Gasteiger partial charge in [-0.3, -0.25) is 0 Å². The van der Waals surface area contributed by atoms with Crippen LogP contribution in [0.1, 0.15) is 42.3 Å². The highest BCUT2D eigenvalue weighted by atomic mass is 32.1. The first-order valence-electron chi connectivity index (χ1n) is 8.19. The van der Waals surface area contributed by atoms with E-state index in [0.29, 0.717) is 12.6 Å². The van der Waals surface area contributed by atoms with Gasteiger partial charge in [0.25, 0.3) is 0 Å². The van der Waals surface area contributed by atoms with Gasteiger partial charge in [0, 0.05) is 35.0 Å². The number of aliphatic hydroxyl groups excluding tert-OH is 1. The number of benzene rings is 1. The second-order valence-electron chi connectivity index (χ2n) is 6.68. The molecule has 2 aliphatic carbocycles. The van der Waals surface area contributed by atoms with Crippen LogP contribution >= 0.6 is 11.3 Å². The number of rotatable bonds is 5. The summed E-state index contributed by atoms with van der Waals surface area (Å²) in [5.74, 6) is 0. The molecule has 1 saturated carbocycles. The van der Waals surface area contributed by atoms with Crippen molar-refractivity contribution < 1.29 is 5.11 Å². The number of hydrogen-bond donors (Lipinski definition) is 2. The summed E-state index contributed by atoms with van der Waals surface area (Å²) >= 11 is 1.84. The van der Waals surface area contributed by atoms with Crippen LogP contribution in [0.4, 0.5) is 0 Å². The molecule has 1 unspecified atom stereocenters. The Kier molecular flexibility index (Phi) is 3.76. The maximum Gasteiger partial charge on any atom is 0.123 e. The van der Waals surface area contributed by atoms with Crippen LogP contribution in [0.5, 0.6) is 0 Å². The molecule has 3 nitrogen and oxygen atoms in total. The van der Waals surface area contributed by atoms with E-state index >= 15 is 0 Å². The van der Waals surface area contributed by atoms with Crippen LogP contribution in [0.25, 0.3) is 10.6 Å². The first kappa shape index (κ1) is 14.4. The van der Waals surface area contributed by atoms with Gasteiger partial charge in [0.15, 0.2) is 0 Å². The third-order valence-corrected chi connectivity index (χ3v) is 6.25. The number of thiazole rings is 1. The molecule has 1 aromatic heterocycles. The third kappa shape index (κ3) is 2.71. The topological polar surface area (TPSA) is 45.1 Å². The molecule has 1 aromatic carbocycles. The van der Waals surface area contributed by atoms with Gasteiger partial charge in [0.05, 0.1) is 5.69 Å². The van der Waals surface area contributed by atoms with Crippen LogP contribution in [0, 0.1) is 5.41 Å². The standard InChI is InChI=1S/C18H22N2OS/c21-12-18(9-10-18)11-19-14-7-4-8-15-16(14)22-17(20-15)13-5-2-1-3-6-13/h1-3,5-6,14,19,21H,4,7-12H2. The van der Waals surface area contributed by atoms with Crippen molar-refractivity contribution in [1.82, 2.24) is 10.3 Å². The Morgan fingerprint density at radius 3 is 2.82 bits per heavy atom. The minimum Gasteiger partial charge on any atom is -0.396 e. The third-order valence-electron chi connectivity index (χ3n) is 4.99. The summed E-state index contributed by atoms with van der Waals surface area (Å²) in [6.45, 7) is 1.25. The van der Waals surface area contributed by atoms with Gasteiger partial charge in [-0.25, -0.2) is 4.98 Å². The first-order chi connectivity index (χ1) is 10.8. The zero-order chi connectivity index (χ0) is 15.0. The summed E-state index contributed by atoms with van der Waals surface area (Å²) in [4.78, 5) is 6.30. The van der Waals surface area contributed by atoms with Crippen molar-refractivity contribution >= 4 is 11.3 Å². The van der Waals surface area contributed by atoms with E-state index in [1.54, 1.807) is 0 Å². The highest BCUT2D eigenvalue weighted by Gasteiger charge is 2.42. The van der Waals surface area contributed by atoms with E-state index in [9.17, 15) is 5.11 Å². The number of nitrogens with one attached hydrogen (secondary N) is 1. The SMILES string of the molecule is OCC1(CNC2CCCc3nc(-c4ccccc4)sc32)CC1. The minimum atomic E-state index is 0.171. The quantitative estimate of drug-likeness (QED) is 0.887. The molecule has 0 bridgehead atoms. The summed E-state index contributed by atoms with van der Waals surface area (Å²) in [6.07, 6.45) is 5.81. The Bertz CT molecular complexity index is 648. The molecule has 116 valence electrons. The number of aromatic nitrogens is 1. The lowest BCUT2D eigenvalue weighted by Crippen LogP contribution is -2.31. The van der Waals surface area contributed by atoms with E-state index in [0.717, 1.165) is 30.8 Å². The van der Waals surface area contributed by atoms with E-state index in [1.165, 1.54) is 29.0 Å². The van der Waals surface area contributed by atoms with Crippen molar-refractivity contribution in [3.63, 3.8) is 0 Å². The normalized spacial score (nSPS) is 22.3. The fourth-order valence-corrected chi connectivity index (χ4v) is 4.45. The van der Waals surface area contributed by atoms with Crippen molar-refractivity contribution in [3.05, 3.63) is 40.9 Å². The Hall–Kier alpha value is -1.23.